The fourth-order valence-corrected chi connectivity index (χ4v) is 9.31. The highest BCUT2D eigenvalue weighted by molar-refractivity contribution is 5.70. The van der Waals surface area contributed by atoms with E-state index in [-0.39, 0.29) is 25.2 Å². The average molecular weight is 1080 g/mol. The van der Waals surface area contributed by atoms with Gasteiger partial charge in [-0.2, -0.15) is 0 Å². The lowest BCUT2D eigenvalue weighted by Crippen LogP contribution is -2.28. The second kappa shape index (κ2) is 67.6. The molecule has 0 spiro atoms. The second-order valence-corrected chi connectivity index (χ2v) is 21.8. The van der Waals surface area contributed by atoms with Crippen molar-refractivity contribution in [3.8, 4) is 0 Å². The Hall–Kier alpha value is -3.70. The molecular weight excluding hydrogens is 957 g/mol. The van der Waals surface area contributed by atoms with Crippen LogP contribution < -0.4 is 0 Å². The van der Waals surface area contributed by atoms with Gasteiger partial charge in [-0.05, 0) is 109 Å². The van der Waals surface area contributed by atoms with Crippen molar-refractivity contribution < 1.29 is 24.2 Å². The molecule has 0 saturated heterocycles. The number of carbonyl (C=O) groups is 2. The van der Waals surface area contributed by atoms with Gasteiger partial charge in [-0.15, -0.1) is 0 Å². The molecule has 0 aliphatic carbocycles. The fourth-order valence-electron chi connectivity index (χ4n) is 9.31. The first kappa shape index (κ1) is 74.3. The molecular formula is C73H124O5. The molecule has 1 N–H and O–H groups in total. The third-order valence-corrected chi connectivity index (χ3v) is 14.2. The van der Waals surface area contributed by atoms with Gasteiger partial charge in [-0.3, -0.25) is 9.59 Å². The third kappa shape index (κ3) is 64.8. The lowest BCUT2D eigenvalue weighted by molar-refractivity contribution is -0.161. The van der Waals surface area contributed by atoms with Crippen molar-refractivity contribution in [2.45, 2.75) is 315 Å². The van der Waals surface area contributed by atoms with E-state index in [1.807, 2.05) is 0 Å². The molecule has 1 unspecified atom stereocenters. The van der Waals surface area contributed by atoms with E-state index in [9.17, 15) is 14.7 Å². The monoisotopic (exact) mass is 1080 g/mol. The van der Waals surface area contributed by atoms with Gasteiger partial charge in [-0.1, -0.05) is 309 Å². The molecule has 0 aromatic heterocycles. The van der Waals surface area contributed by atoms with Gasteiger partial charge in [0, 0.05) is 12.8 Å². The minimum atomic E-state index is -0.779. The molecule has 0 fully saturated rings. The molecule has 0 rings (SSSR count). The minimum Gasteiger partial charge on any atom is -0.462 e. The quantitative estimate of drug-likeness (QED) is 0.0373. The molecule has 0 bridgehead atoms. The highest BCUT2D eigenvalue weighted by Gasteiger charge is 2.16. The predicted octanol–water partition coefficient (Wildman–Crippen LogP) is 23.0. The molecule has 0 amide bonds. The summed E-state index contributed by atoms with van der Waals surface area (Å²) in [5.41, 5.74) is 0. The largest absolute Gasteiger partial charge is 0.462 e. The van der Waals surface area contributed by atoms with Gasteiger partial charge in [0.25, 0.3) is 0 Å². The van der Waals surface area contributed by atoms with Crippen LogP contribution in [-0.2, 0) is 19.1 Å². The van der Waals surface area contributed by atoms with E-state index in [2.05, 4.69) is 135 Å². The molecule has 5 heteroatoms. The standard InChI is InChI=1S/C73H124O5/c1-3-5-7-9-11-13-15-17-19-21-23-25-27-28-29-30-31-32-33-34-35-36-37-38-39-40-41-42-43-44-46-48-50-52-54-56-58-60-62-64-66-68-73(76)78-71(69-74)70-77-72(75)67-65-63-61-59-57-55-53-51-49-47-45-26-24-22-20-18-16-14-12-10-8-6-4-2/h5,7,11,13,16-19,22-25,28-29,31-32,34-35,37-38,71,74H,3-4,6,8-10,12,14-15,20-21,26-27,30,33,36,39-70H2,1-2H3/b7-5-,13-11-,18-16-,19-17-,24-22-,25-23-,29-28-,32-31-,35-34-,38-37-. The van der Waals surface area contributed by atoms with E-state index in [0.717, 1.165) is 96.3 Å². The summed E-state index contributed by atoms with van der Waals surface area (Å²) < 4.78 is 10.7. The first-order valence-electron chi connectivity index (χ1n) is 33.1. The summed E-state index contributed by atoms with van der Waals surface area (Å²) in [6, 6.07) is 0. The number of aliphatic hydroxyl groups is 1. The zero-order valence-electron chi connectivity index (χ0n) is 51.1. The summed E-state index contributed by atoms with van der Waals surface area (Å²) in [5.74, 6) is -0.586. The first-order chi connectivity index (χ1) is 38.6. The van der Waals surface area contributed by atoms with E-state index in [1.54, 1.807) is 0 Å². The SMILES string of the molecule is CC/C=C\C/C=C\C/C=C\C/C=C\C/C=C\C/C=C\C/C=C\C/C=C\CCCCCCCCCCCCCCCCCCC(=O)OC(CO)COC(=O)CCCCCCCCCCCCC/C=C\C/C=C\CCCCCCC. The predicted molar refractivity (Wildman–Crippen MR) is 343 cm³/mol. The maximum Gasteiger partial charge on any atom is 0.306 e. The van der Waals surface area contributed by atoms with Crippen molar-refractivity contribution in [2.24, 2.45) is 0 Å². The van der Waals surface area contributed by atoms with Crippen molar-refractivity contribution >= 4 is 11.9 Å². The Bertz CT molecular complexity index is 1550. The van der Waals surface area contributed by atoms with E-state index in [1.165, 1.54) is 186 Å². The molecule has 78 heavy (non-hydrogen) atoms. The molecule has 1 atom stereocenters. The van der Waals surface area contributed by atoms with Crippen LogP contribution in [0.5, 0.6) is 0 Å². The molecule has 0 aliphatic rings. The van der Waals surface area contributed by atoms with Crippen LogP contribution in [0.3, 0.4) is 0 Å². The molecule has 0 aromatic carbocycles. The van der Waals surface area contributed by atoms with Gasteiger partial charge in [0.2, 0.25) is 0 Å². The molecule has 0 aliphatic heterocycles. The zero-order chi connectivity index (χ0) is 56.2. The first-order valence-corrected chi connectivity index (χ1v) is 33.1. The Kier molecular flexibility index (Phi) is 64.4. The van der Waals surface area contributed by atoms with Crippen molar-refractivity contribution in [1.29, 1.82) is 0 Å². The summed E-state index contributed by atoms with van der Waals surface area (Å²) >= 11 is 0. The molecule has 0 aromatic rings. The topological polar surface area (TPSA) is 72.8 Å². The Morgan fingerprint density at radius 3 is 0.833 bits per heavy atom. The van der Waals surface area contributed by atoms with Crippen LogP contribution >= 0.6 is 0 Å². The van der Waals surface area contributed by atoms with Gasteiger partial charge in [0.1, 0.15) is 6.61 Å². The zero-order valence-corrected chi connectivity index (χ0v) is 51.1. The number of aliphatic hydroxyl groups excluding tert-OH is 1. The number of ether oxygens (including phenoxy) is 2. The lowest BCUT2D eigenvalue weighted by Gasteiger charge is -2.15. The minimum absolute atomic E-state index is 0.0689. The number of unbranched alkanes of at least 4 members (excludes halogenated alkanes) is 32. The van der Waals surface area contributed by atoms with E-state index in [4.69, 9.17) is 9.47 Å². The average Bonchev–Trinajstić information content (AvgIpc) is 3.44. The molecule has 0 radical (unpaired) electrons. The van der Waals surface area contributed by atoms with Crippen molar-refractivity contribution in [3.63, 3.8) is 0 Å². The van der Waals surface area contributed by atoms with Gasteiger partial charge in [0.05, 0.1) is 6.61 Å². The second-order valence-electron chi connectivity index (χ2n) is 21.8. The van der Waals surface area contributed by atoms with Gasteiger partial charge in [-0.25, -0.2) is 0 Å². The van der Waals surface area contributed by atoms with Gasteiger partial charge < -0.3 is 14.6 Å². The molecule has 0 heterocycles. The number of carbonyl (C=O) groups excluding carboxylic acids is 2. The Morgan fingerprint density at radius 1 is 0.308 bits per heavy atom. The summed E-state index contributed by atoms with van der Waals surface area (Å²) in [6.07, 6.45) is 99.2. The number of hydrogen-bond donors (Lipinski definition) is 1. The Morgan fingerprint density at radius 2 is 0.551 bits per heavy atom. The summed E-state index contributed by atoms with van der Waals surface area (Å²) in [6.45, 7) is 4.04. The summed E-state index contributed by atoms with van der Waals surface area (Å²) in [7, 11) is 0. The van der Waals surface area contributed by atoms with E-state index >= 15 is 0 Å². The molecule has 446 valence electrons. The number of hydrogen-bond acceptors (Lipinski definition) is 5. The van der Waals surface area contributed by atoms with Gasteiger partial charge in [0.15, 0.2) is 6.10 Å². The maximum atomic E-state index is 12.4. The van der Waals surface area contributed by atoms with Crippen LogP contribution in [0.25, 0.3) is 0 Å². The maximum absolute atomic E-state index is 12.4. The van der Waals surface area contributed by atoms with Crippen LogP contribution in [0.4, 0.5) is 0 Å². The van der Waals surface area contributed by atoms with Crippen LogP contribution in [0.1, 0.15) is 309 Å². The summed E-state index contributed by atoms with van der Waals surface area (Å²) in [4.78, 5) is 24.6. The fraction of sp³-hybridized carbons (Fsp3) is 0.699. The van der Waals surface area contributed by atoms with Crippen LogP contribution in [0.2, 0.25) is 0 Å². The highest BCUT2D eigenvalue weighted by Crippen LogP contribution is 2.17. The number of rotatable bonds is 60. The van der Waals surface area contributed by atoms with Crippen LogP contribution in [-0.4, -0.2) is 36.4 Å². The highest BCUT2D eigenvalue weighted by atomic mass is 16.6. The van der Waals surface area contributed by atoms with E-state index < -0.39 is 6.10 Å². The number of allylic oxidation sites excluding steroid dienone is 20. The van der Waals surface area contributed by atoms with Crippen molar-refractivity contribution in [3.05, 3.63) is 122 Å². The Labute approximate surface area is 483 Å². The molecule has 5 nitrogen and oxygen atoms in total. The lowest BCUT2D eigenvalue weighted by atomic mass is 10.0. The Balaban J connectivity index is 3.49. The summed E-state index contributed by atoms with van der Waals surface area (Å²) in [5, 5.41) is 9.69. The van der Waals surface area contributed by atoms with E-state index in [0.29, 0.717) is 12.8 Å². The normalized spacial score (nSPS) is 13.0. The number of esters is 2. The third-order valence-electron chi connectivity index (χ3n) is 14.2. The van der Waals surface area contributed by atoms with Gasteiger partial charge >= 0.3 is 11.9 Å². The smallest absolute Gasteiger partial charge is 0.306 e. The van der Waals surface area contributed by atoms with Crippen molar-refractivity contribution in [1.82, 2.24) is 0 Å². The van der Waals surface area contributed by atoms with Crippen molar-refractivity contribution in [2.75, 3.05) is 13.2 Å². The van der Waals surface area contributed by atoms with Crippen LogP contribution in [0.15, 0.2) is 122 Å². The van der Waals surface area contributed by atoms with Crippen LogP contribution in [0, 0.1) is 0 Å². The molecule has 0 saturated carbocycles.